The Bertz CT molecular complexity index is 524. The van der Waals surface area contributed by atoms with Gasteiger partial charge in [-0.25, -0.2) is 0 Å². The van der Waals surface area contributed by atoms with Crippen molar-refractivity contribution in [3.05, 3.63) is 23.4 Å². The number of carboxylic acids is 1. The zero-order valence-corrected chi connectivity index (χ0v) is 11.3. The Morgan fingerprint density at radius 1 is 1.63 bits per heavy atom. The fraction of sp³-hybridized carbons (Fsp3) is 0.417. The molecule has 2 aromatic heterocycles. The second-order valence-corrected chi connectivity index (χ2v) is 5.05. The summed E-state index contributed by atoms with van der Waals surface area (Å²) in [7, 11) is 0. The van der Waals surface area contributed by atoms with Crippen molar-refractivity contribution in [2.75, 3.05) is 6.54 Å². The molecule has 102 valence electrons. The van der Waals surface area contributed by atoms with Crippen LogP contribution in [0.2, 0.25) is 0 Å². The van der Waals surface area contributed by atoms with Gasteiger partial charge in [-0.2, -0.15) is 4.98 Å². The molecule has 0 aliphatic rings. The molecule has 7 heteroatoms. The third-order valence-corrected chi connectivity index (χ3v) is 3.46. The number of aromatic nitrogens is 2. The summed E-state index contributed by atoms with van der Waals surface area (Å²) >= 11 is 1.56. The predicted octanol–water partition coefficient (Wildman–Crippen LogP) is 1.79. The van der Waals surface area contributed by atoms with Crippen LogP contribution in [0, 0.1) is 0 Å². The van der Waals surface area contributed by atoms with Crippen molar-refractivity contribution in [1.82, 2.24) is 15.5 Å². The van der Waals surface area contributed by atoms with E-state index in [4.69, 9.17) is 9.63 Å². The molecule has 2 rings (SSSR count). The molecule has 2 N–H and O–H groups in total. The number of nitrogens with zero attached hydrogens (tertiary/aromatic N) is 2. The zero-order chi connectivity index (χ0) is 13.7. The number of rotatable bonds is 7. The maximum absolute atomic E-state index is 10.6. The van der Waals surface area contributed by atoms with Gasteiger partial charge in [-0.1, -0.05) is 11.2 Å². The first kappa shape index (κ1) is 13.7. The molecular weight excluding hydrogens is 266 g/mol. The molecule has 0 aliphatic heterocycles. The van der Waals surface area contributed by atoms with Gasteiger partial charge in [-0.15, -0.1) is 11.3 Å². The first-order valence-electron chi connectivity index (χ1n) is 5.99. The van der Waals surface area contributed by atoms with Crippen LogP contribution >= 0.6 is 11.3 Å². The van der Waals surface area contributed by atoms with E-state index in [2.05, 4.69) is 15.5 Å². The first-order chi connectivity index (χ1) is 9.16. The van der Waals surface area contributed by atoms with Gasteiger partial charge in [0, 0.05) is 6.42 Å². The van der Waals surface area contributed by atoms with Crippen LogP contribution in [-0.2, 0) is 11.2 Å². The van der Waals surface area contributed by atoms with Gasteiger partial charge >= 0.3 is 5.97 Å². The lowest BCUT2D eigenvalue weighted by Crippen LogP contribution is -2.34. The van der Waals surface area contributed by atoms with Gasteiger partial charge in [0.15, 0.2) is 0 Å². The highest BCUT2D eigenvalue weighted by Gasteiger charge is 2.11. The molecule has 19 heavy (non-hydrogen) atoms. The lowest BCUT2D eigenvalue weighted by atomic mass is 10.3. The molecule has 0 amide bonds. The normalized spacial score (nSPS) is 12.5. The summed E-state index contributed by atoms with van der Waals surface area (Å²) < 4.78 is 5.14. The minimum absolute atomic E-state index is 0.538. The molecule has 0 spiro atoms. The van der Waals surface area contributed by atoms with Gasteiger partial charge in [0.2, 0.25) is 11.7 Å². The van der Waals surface area contributed by atoms with Gasteiger partial charge in [0.1, 0.15) is 6.04 Å². The Balaban J connectivity index is 1.77. The van der Waals surface area contributed by atoms with E-state index < -0.39 is 12.0 Å². The van der Waals surface area contributed by atoms with Gasteiger partial charge in [0.05, 0.1) is 4.88 Å². The predicted molar refractivity (Wildman–Crippen MR) is 71.0 cm³/mol. The maximum Gasteiger partial charge on any atom is 0.320 e. The summed E-state index contributed by atoms with van der Waals surface area (Å²) in [5, 5.41) is 17.5. The van der Waals surface area contributed by atoms with Gasteiger partial charge in [0.25, 0.3) is 0 Å². The monoisotopic (exact) mass is 281 g/mol. The fourth-order valence-corrected chi connectivity index (χ4v) is 2.16. The van der Waals surface area contributed by atoms with Crippen LogP contribution < -0.4 is 5.32 Å². The maximum atomic E-state index is 10.6. The van der Waals surface area contributed by atoms with Crippen molar-refractivity contribution in [1.29, 1.82) is 0 Å². The lowest BCUT2D eigenvalue weighted by molar-refractivity contribution is -0.138. The molecule has 0 aliphatic carbocycles. The Labute approximate surface area is 114 Å². The van der Waals surface area contributed by atoms with Gasteiger partial charge in [-0.3, -0.25) is 4.79 Å². The summed E-state index contributed by atoms with van der Waals surface area (Å²) in [6, 6.07) is 3.34. The third kappa shape index (κ3) is 3.87. The summed E-state index contributed by atoms with van der Waals surface area (Å²) in [4.78, 5) is 15.9. The average molecular weight is 281 g/mol. The average Bonchev–Trinajstić information content (AvgIpc) is 3.04. The van der Waals surface area contributed by atoms with Crippen LogP contribution in [0.4, 0.5) is 0 Å². The number of hydrogen-bond acceptors (Lipinski definition) is 6. The fourth-order valence-electron chi connectivity index (χ4n) is 1.51. The largest absolute Gasteiger partial charge is 0.480 e. The second-order valence-electron chi connectivity index (χ2n) is 4.11. The number of thiophene rings is 1. The minimum Gasteiger partial charge on any atom is -0.480 e. The summed E-state index contributed by atoms with van der Waals surface area (Å²) in [5.41, 5.74) is 0. The molecule has 2 heterocycles. The number of carboxylic acid groups (broad SMARTS) is 1. The Morgan fingerprint density at radius 3 is 3.16 bits per heavy atom. The number of hydrogen-bond donors (Lipinski definition) is 2. The van der Waals surface area contributed by atoms with Crippen LogP contribution in [0.15, 0.2) is 22.0 Å². The van der Waals surface area contributed by atoms with Crippen LogP contribution in [0.1, 0.15) is 19.2 Å². The molecule has 6 nitrogen and oxygen atoms in total. The van der Waals surface area contributed by atoms with E-state index in [1.165, 1.54) is 0 Å². The summed E-state index contributed by atoms with van der Waals surface area (Å²) in [6.07, 6.45) is 1.39. The van der Waals surface area contributed by atoms with Gasteiger partial charge < -0.3 is 14.9 Å². The van der Waals surface area contributed by atoms with Crippen molar-refractivity contribution in [2.24, 2.45) is 0 Å². The third-order valence-electron chi connectivity index (χ3n) is 2.60. The lowest BCUT2D eigenvalue weighted by Gasteiger charge is -2.07. The molecule has 2 aromatic rings. The van der Waals surface area contributed by atoms with E-state index in [1.54, 1.807) is 18.3 Å². The molecule has 0 saturated heterocycles. The highest BCUT2D eigenvalue weighted by molar-refractivity contribution is 7.13. The minimum atomic E-state index is -0.849. The van der Waals surface area contributed by atoms with E-state index in [1.807, 2.05) is 17.5 Å². The molecule has 0 saturated carbocycles. The van der Waals surface area contributed by atoms with Crippen molar-refractivity contribution in [3.8, 4) is 10.7 Å². The molecule has 0 bridgehead atoms. The number of aryl methyl sites for hydroxylation is 1. The second kappa shape index (κ2) is 6.44. The Kier molecular flexibility index (Phi) is 4.64. The number of aliphatic carboxylic acids is 1. The Morgan fingerprint density at radius 2 is 2.47 bits per heavy atom. The molecule has 0 aromatic carbocycles. The number of nitrogens with one attached hydrogen (secondary N) is 1. The quantitative estimate of drug-likeness (QED) is 0.752. The first-order valence-corrected chi connectivity index (χ1v) is 6.87. The molecule has 0 fully saturated rings. The van der Waals surface area contributed by atoms with Crippen LogP contribution in [0.25, 0.3) is 10.7 Å². The number of carbonyl (C=O) groups is 1. The van der Waals surface area contributed by atoms with E-state index >= 15 is 0 Å². The van der Waals surface area contributed by atoms with Crippen molar-refractivity contribution >= 4 is 17.3 Å². The van der Waals surface area contributed by atoms with Crippen molar-refractivity contribution in [2.45, 2.75) is 25.8 Å². The summed E-state index contributed by atoms with van der Waals surface area (Å²) in [5.74, 6) is 0.336. The smallest absolute Gasteiger partial charge is 0.320 e. The SMILES string of the molecule is C[C@H](NCCCc1nc(-c2cccs2)no1)C(=O)O. The van der Waals surface area contributed by atoms with E-state index in [9.17, 15) is 4.79 Å². The van der Waals surface area contributed by atoms with Gasteiger partial charge in [-0.05, 0) is 31.3 Å². The molecule has 0 unspecified atom stereocenters. The highest BCUT2D eigenvalue weighted by atomic mass is 32.1. The summed E-state index contributed by atoms with van der Waals surface area (Å²) in [6.45, 7) is 2.22. The zero-order valence-electron chi connectivity index (χ0n) is 10.5. The van der Waals surface area contributed by atoms with E-state index in [0.717, 1.165) is 11.3 Å². The molecular formula is C12H15N3O3S. The van der Waals surface area contributed by atoms with Crippen LogP contribution in [0.5, 0.6) is 0 Å². The Hall–Kier alpha value is -1.73. The van der Waals surface area contributed by atoms with E-state index in [-0.39, 0.29) is 0 Å². The topological polar surface area (TPSA) is 88.3 Å². The highest BCUT2D eigenvalue weighted by Crippen LogP contribution is 2.21. The van der Waals surface area contributed by atoms with Crippen molar-refractivity contribution in [3.63, 3.8) is 0 Å². The molecule has 0 radical (unpaired) electrons. The standard InChI is InChI=1S/C12H15N3O3S/c1-8(12(16)17)13-6-2-5-10-14-11(15-18-10)9-4-3-7-19-9/h3-4,7-8,13H,2,5-6H2,1H3,(H,16,17)/t8-/m0/s1. The van der Waals surface area contributed by atoms with E-state index in [0.29, 0.717) is 24.7 Å². The molecule has 1 atom stereocenters. The van der Waals surface area contributed by atoms with Crippen molar-refractivity contribution < 1.29 is 14.4 Å². The van der Waals surface area contributed by atoms with Crippen LogP contribution in [0.3, 0.4) is 0 Å². The van der Waals surface area contributed by atoms with Crippen LogP contribution in [-0.4, -0.2) is 33.8 Å².